The molecule has 0 bridgehead atoms. The van der Waals surface area contributed by atoms with Crippen LogP contribution in [0.25, 0.3) is 0 Å². The number of aryl methyl sites for hydroxylation is 1. The number of sulfonamides is 1. The number of rotatable bonds is 7. The zero-order valence-corrected chi connectivity index (χ0v) is 14.4. The predicted octanol–water partition coefficient (Wildman–Crippen LogP) is 2.20. The van der Waals surface area contributed by atoms with Crippen molar-refractivity contribution in [3.8, 4) is 5.75 Å². The molecular formula is C15H17NO5S2. The SMILES string of the molecule is COC(=O)c1sccc1S(=O)(=O)NCCOc1ccc(C)cc1. The standard InChI is InChI=1S/C15H17NO5S2/c1-11-3-5-12(6-4-11)21-9-8-16-23(18,19)13-7-10-22-14(13)15(17)20-2/h3-7,10,16H,8-9H2,1-2H3. The van der Waals surface area contributed by atoms with Crippen LogP contribution in [0.2, 0.25) is 0 Å². The zero-order chi connectivity index (χ0) is 16.9. The number of nitrogens with one attached hydrogen (secondary N) is 1. The number of carbonyl (C=O) groups excluding carboxylic acids is 1. The summed E-state index contributed by atoms with van der Waals surface area (Å²) < 4.78 is 36.9. The van der Waals surface area contributed by atoms with Crippen LogP contribution in [-0.2, 0) is 14.8 Å². The highest BCUT2D eigenvalue weighted by atomic mass is 32.2. The first kappa shape index (κ1) is 17.5. The minimum absolute atomic E-state index is 0.0550. The zero-order valence-electron chi connectivity index (χ0n) is 12.7. The summed E-state index contributed by atoms with van der Waals surface area (Å²) in [5, 5.41) is 1.53. The lowest BCUT2D eigenvalue weighted by Crippen LogP contribution is -2.29. The molecule has 124 valence electrons. The minimum Gasteiger partial charge on any atom is -0.492 e. The van der Waals surface area contributed by atoms with Crippen molar-refractivity contribution in [2.45, 2.75) is 11.8 Å². The van der Waals surface area contributed by atoms with Crippen LogP contribution in [0.15, 0.2) is 40.6 Å². The maximum Gasteiger partial charge on any atom is 0.349 e. The van der Waals surface area contributed by atoms with Crippen LogP contribution in [0.5, 0.6) is 5.75 Å². The van der Waals surface area contributed by atoms with Gasteiger partial charge in [-0.15, -0.1) is 11.3 Å². The van der Waals surface area contributed by atoms with Crippen molar-refractivity contribution in [3.63, 3.8) is 0 Å². The van der Waals surface area contributed by atoms with E-state index in [1.165, 1.54) is 18.6 Å². The molecule has 0 saturated carbocycles. The van der Waals surface area contributed by atoms with E-state index in [0.717, 1.165) is 16.9 Å². The number of methoxy groups -OCH3 is 1. The van der Waals surface area contributed by atoms with Gasteiger partial charge in [-0.1, -0.05) is 17.7 Å². The van der Waals surface area contributed by atoms with Gasteiger partial charge >= 0.3 is 5.97 Å². The number of hydrogen-bond donors (Lipinski definition) is 1. The Bertz CT molecular complexity index is 765. The monoisotopic (exact) mass is 355 g/mol. The van der Waals surface area contributed by atoms with Gasteiger partial charge in [0.05, 0.1) is 7.11 Å². The Hall–Kier alpha value is -1.90. The second kappa shape index (κ2) is 7.58. The number of carbonyl (C=O) groups is 1. The molecule has 0 aliphatic carbocycles. The van der Waals surface area contributed by atoms with Crippen molar-refractivity contribution in [3.05, 3.63) is 46.2 Å². The molecule has 0 atom stereocenters. The lowest BCUT2D eigenvalue weighted by atomic mass is 10.2. The molecule has 0 saturated heterocycles. The summed E-state index contributed by atoms with van der Waals surface area (Å²) in [5.74, 6) is -0.00291. The summed E-state index contributed by atoms with van der Waals surface area (Å²) in [7, 11) is -2.57. The number of thiophene rings is 1. The number of hydrogen-bond acceptors (Lipinski definition) is 6. The number of ether oxygens (including phenoxy) is 2. The molecule has 1 aromatic carbocycles. The fourth-order valence-corrected chi connectivity index (χ4v) is 4.15. The lowest BCUT2D eigenvalue weighted by Gasteiger charge is -2.09. The molecule has 0 radical (unpaired) electrons. The highest BCUT2D eigenvalue weighted by Gasteiger charge is 2.24. The summed E-state index contributed by atoms with van der Waals surface area (Å²) in [6.07, 6.45) is 0. The molecule has 0 amide bonds. The third kappa shape index (κ3) is 4.54. The van der Waals surface area contributed by atoms with E-state index in [1.807, 2.05) is 31.2 Å². The lowest BCUT2D eigenvalue weighted by molar-refractivity contribution is 0.0602. The predicted molar refractivity (Wildman–Crippen MR) is 87.5 cm³/mol. The number of benzene rings is 1. The van der Waals surface area contributed by atoms with Gasteiger partial charge in [0.25, 0.3) is 0 Å². The van der Waals surface area contributed by atoms with Crippen molar-refractivity contribution < 1.29 is 22.7 Å². The van der Waals surface area contributed by atoms with Crippen LogP contribution in [0.1, 0.15) is 15.2 Å². The van der Waals surface area contributed by atoms with Gasteiger partial charge in [-0.25, -0.2) is 17.9 Å². The van der Waals surface area contributed by atoms with Crippen LogP contribution < -0.4 is 9.46 Å². The first-order chi connectivity index (χ1) is 10.9. The van der Waals surface area contributed by atoms with Gasteiger partial charge in [-0.05, 0) is 30.5 Å². The number of esters is 1. The van der Waals surface area contributed by atoms with Crippen LogP contribution in [0.4, 0.5) is 0 Å². The third-order valence-electron chi connectivity index (χ3n) is 2.97. The van der Waals surface area contributed by atoms with Crippen LogP contribution in [0, 0.1) is 6.92 Å². The van der Waals surface area contributed by atoms with Crippen LogP contribution in [0.3, 0.4) is 0 Å². The Balaban J connectivity index is 1.93. The molecule has 0 spiro atoms. The summed E-state index contributed by atoms with van der Waals surface area (Å²) in [6.45, 7) is 2.24. The molecule has 1 aromatic heterocycles. The maximum atomic E-state index is 12.2. The summed E-state index contributed by atoms with van der Waals surface area (Å²) in [4.78, 5) is 11.5. The Labute approximate surface area is 139 Å². The van der Waals surface area contributed by atoms with Crippen molar-refractivity contribution in [1.29, 1.82) is 0 Å². The van der Waals surface area contributed by atoms with E-state index in [9.17, 15) is 13.2 Å². The largest absolute Gasteiger partial charge is 0.492 e. The van der Waals surface area contributed by atoms with E-state index in [1.54, 1.807) is 0 Å². The van der Waals surface area contributed by atoms with Crippen molar-refractivity contribution >= 4 is 27.3 Å². The van der Waals surface area contributed by atoms with E-state index < -0.39 is 16.0 Å². The maximum absolute atomic E-state index is 12.2. The Morgan fingerprint density at radius 1 is 1.22 bits per heavy atom. The van der Waals surface area contributed by atoms with Gasteiger partial charge in [0.15, 0.2) is 0 Å². The van der Waals surface area contributed by atoms with Gasteiger partial charge < -0.3 is 9.47 Å². The highest BCUT2D eigenvalue weighted by molar-refractivity contribution is 7.89. The molecule has 0 aliphatic heterocycles. The summed E-state index contributed by atoms with van der Waals surface area (Å²) in [5.41, 5.74) is 1.12. The molecule has 1 heterocycles. The average molecular weight is 355 g/mol. The van der Waals surface area contributed by atoms with E-state index in [2.05, 4.69) is 9.46 Å². The van der Waals surface area contributed by atoms with Gasteiger partial charge in [0.1, 0.15) is 22.1 Å². The Morgan fingerprint density at radius 2 is 1.91 bits per heavy atom. The molecule has 0 unspecified atom stereocenters. The smallest absolute Gasteiger partial charge is 0.349 e. The van der Waals surface area contributed by atoms with Crippen LogP contribution in [-0.4, -0.2) is 34.6 Å². The molecular weight excluding hydrogens is 338 g/mol. The van der Waals surface area contributed by atoms with Crippen LogP contribution >= 0.6 is 11.3 Å². The third-order valence-corrected chi connectivity index (χ3v) is 5.50. The second-order valence-electron chi connectivity index (χ2n) is 4.66. The fraction of sp³-hybridized carbons (Fsp3) is 0.267. The highest BCUT2D eigenvalue weighted by Crippen LogP contribution is 2.22. The van der Waals surface area contributed by atoms with Gasteiger partial charge in [0.2, 0.25) is 10.0 Å². The summed E-state index contributed by atoms with van der Waals surface area (Å²) in [6, 6.07) is 8.83. The first-order valence-electron chi connectivity index (χ1n) is 6.79. The van der Waals surface area contributed by atoms with Crippen molar-refractivity contribution in [1.82, 2.24) is 4.72 Å². The topological polar surface area (TPSA) is 81.7 Å². The summed E-state index contributed by atoms with van der Waals surface area (Å²) >= 11 is 1.02. The quantitative estimate of drug-likeness (QED) is 0.608. The van der Waals surface area contributed by atoms with E-state index >= 15 is 0 Å². The van der Waals surface area contributed by atoms with Gasteiger partial charge in [-0.2, -0.15) is 0 Å². The molecule has 2 rings (SSSR count). The van der Waals surface area contributed by atoms with Gasteiger partial charge in [0, 0.05) is 6.54 Å². The van der Waals surface area contributed by atoms with Crippen molar-refractivity contribution in [2.24, 2.45) is 0 Å². The van der Waals surface area contributed by atoms with Gasteiger partial charge in [-0.3, -0.25) is 0 Å². The molecule has 6 nitrogen and oxygen atoms in total. The fourth-order valence-electron chi connectivity index (χ4n) is 1.81. The second-order valence-corrected chi connectivity index (χ2v) is 7.32. The molecule has 8 heteroatoms. The molecule has 0 aliphatic rings. The average Bonchev–Trinajstić information content (AvgIpc) is 3.03. The van der Waals surface area contributed by atoms with Crippen molar-refractivity contribution in [2.75, 3.05) is 20.3 Å². The Morgan fingerprint density at radius 3 is 2.57 bits per heavy atom. The van der Waals surface area contributed by atoms with E-state index in [0.29, 0.717) is 5.75 Å². The van der Waals surface area contributed by atoms with E-state index in [-0.39, 0.29) is 22.9 Å². The molecule has 23 heavy (non-hydrogen) atoms. The normalized spacial score (nSPS) is 11.2. The molecule has 0 fully saturated rings. The molecule has 1 N–H and O–H groups in total. The minimum atomic E-state index is -3.78. The first-order valence-corrected chi connectivity index (χ1v) is 9.15. The van der Waals surface area contributed by atoms with E-state index in [4.69, 9.17) is 4.74 Å². The molecule has 2 aromatic rings. The Kier molecular flexibility index (Phi) is 5.75.